The van der Waals surface area contributed by atoms with E-state index in [2.05, 4.69) is 70.9 Å². The van der Waals surface area contributed by atoms with Crippen molar-refractivity contribution in [1.82, 2.24) is 10.2 Å². The van der Waals surface area contributed by atoms with Crippen molar-refractivity contribution in [1.29, 1.82) is 0 Å². The van der Waals surface area contributed by atoms with E-state index >= 15 is 0 Å². The van der Waals surface area contributed by atoms with Gasteiger partial charge in [0.15, 0.2) is 0 Å². The summed E-state index contributed by atoms with van der Waals surface area (Å²) in [6.45, 7) is 6.05. The van der Waals surface area contributed by atoms with E-state index in [4.69, 9.17) is 14.2 Å². The lowest BCUT2D eigenvalue weighted by molar-refractivity contribution is -0.00459. The predicted molar refractivity (Wildman–Crippen MR) is 126 cm³/mol. The molecule has 0 amide bonds. The third-order valence-electron chi connectivity index (χ3n) is 5.07. The van der Waals surface area contributed by atoms with Crippen LogP contribution in [-0.4, -0.2) is 70.7 Å². The second-order valence-corrected chi connectivity index (χ2v) is 7.00. The molecule has 0 aliphatic carbocycles. The van der Waals surface area contributed by atoms with E-state index in [1.165, 1.54) is 11.1 Å². The van der Waals surface area contributed by atoms with Gasteiger partial charge in [-0.3, -0.25) is 4.90 Å². The van der Waals surface area contributed by atoms with Crippen LogP contribution in [-0.2, 0) is 14.2 Å². The number of halogens is 2. The number of nitrogens with zero attached hydrogens (tertiary/aromatic N) is 1. The lowest BCUT2D eigenvalue weighted by Crippen LogP contribution is -2.54. The molecular formula is C23H34Cl2N2O3. The van der Waals surface area contributed by atoms with Gasteiger partial charge in [0.2, 0.25) is 0 Å². The molecular weight excluding hydrogens is 423 g/mol. The topological polar surface area (TPSA) is 43.0 Å². The Labute approximate surface area is 192 Å². The number of nitrogens with one attached hydrogen (secondary N) is 1. The molecule has 1 heterocycles. The molecule has 5 nitrogen and oxygen atoms in total. The fraction of sp³-hybridized carbons (Fsp3) is 0.478. The first-order valence-electron chi connectivity index (χ1n) is 10.1. The Bertz CT molecular complexity index is 625. The molecule has 0 bridgehead atoms. The summed E-state index contributed by atoms with van der Waals surface area (Å²) in [6, 6.07) is 22.1. The van der Waals surface area contributed by atoms with Crippen LogP contribution in [0.5, 0.6) is 0 Å². The highest BCUT2D eigenvalue weighted by Gasteiger charge is 2.30. The van der Waals surface area contributed by atoms with Crippen LogP contribution in [0.15, 0.2) is 60.7 Å². The van der Waals surface area contributed by atoms with Gasteiger partial charge in [-0.05, 0) is 11.1 Å². The van der Waals surface area contributed by atoms with E-state index < -0.39 is 0 Å². The Balaban J connectivity index is 0.00000225. The fourth-order valence-electron chi connectivity index (χ4n) is 3.70. The molecule has 0 aromatic heterocycles. The average Bonchev–Trinajstić information content (AvgIpc) is 2.76. The van der Waals surface area contributed by atoms with E-state index in [9.17, 15) is 0 Å². The quantitative estimate of drug-likeness (QED) is 0.523. The minimum atomic E-state index is 0. The fourth-order valence-corrected chi connectivity index (χ4v) is 3.70. The molecule has 0 radical (unpaired) electrons. The Morgan fingerprint density at radius 1 is 0.867 bits per heavy atom. The summed E-state index contributed by atoms with van der Waals surface area (Å²) in [7, 11) is 1.68. The van der Waals surface area contributed by atoms with Crippen molar-refractivity contribution in [3.63, 3.8) is 0 Å². The summed E-state index contributed by atoms with van der Waals surface area (Å²) >= 11 is 0. The smallest absolute Gasteiger partial charge is 0.0701 e. The monoisotopic (exact) mass is 456 g/mol. The number of methoxy groups -OCH3 is 1. The van der Waals surface area contributed by atoms with Crippen molar-refractivity contribution in [2.45, 2.75) is 12.1 Å². The van der Waals surface area contributed by atoms with Crippen molar-refractivity contribution < 1.29 is 14.2 Å². The minimum absolute atomic E-state index is 0. The Kier molecular flexibility index (Phi) is 14.0. The van der Waals surface area contributed by atoms with E-state index in [1.807, 2.05) is 0 Å². The SMILES string of the molecule is COCCOCCOC[C@@H]1CNCCN1C(c1ccccc1)c1ccccc1.Cl.Cl. The van der Waals surface area contributed by atoms with Gasteiger partial charge < -0.3 is 19.5 Å². The average molecular weight is 457 g/mol. The van der Waals surface area contributed by atoms with Crippen molar-refractivity contribution in [3.8, 4) is 0 Å². The number of hydrogen-bond acceptors (Lipinski definition) is 5. The molecule has 2 aromatic rings. The zero-order valence-corrected chi connectivity index (χ0v) is 19.2. The largest absolute Gasteiger partial charge is 0.382 e. The molecule has 168 valence electrons. The lowest BCUT2D eigenvalue weighted by Gasteiger charge is -2.42. The van der Waals surface area contributed by atoms with E-state index in [1.54, 1.807) is 7.11 Å². The van der Waals surface area contributed by atoms with E-state index in [0.29, 0.717) is 39.1 Å². The predicted octanol–water partition coefficient (Wildman–Crippen LogP) is 3.57. The molecule has 1 aliphatic rings. The van der Waals surface area contributed by atoms with Gasteiger partial charge in [-0.15, -0.1) is 24.8 Å². The summed E-state index contributed by atoms with van der Waals surface area (Å²) in [6.07, 6.45) is 0. The molecule has 0 spiro atoms. The highest BCUT2D eigenvalue weighted by molar-refractivity contribution is 5.85. The standard InChI is InChI=1S/C23H32N2O3.2ClH/c1-26-14-15-27-16-17-28-19-22-18-24-12-13-25(22)23(20-8-4-2-5-9-20)21-10-6-3-7-11-21;;/h2-11,22-24H,12-19H2,1H3;2*1H/t22-;;/m0../s1. The van der Waals surface area contributed by atoms with Crippen LogP contribution in [0.4, 0.5) is 0 Å². The lowest BCUT2D eigenvalue weighted by atomic mass is 9.95. The van der Waals surface area contributed by atoms with E-state index in [-0.39, 0.29) is 30.9 Å². The second-order valence-electron chi connectivity index (χ2n) is 7.00. The normalized spacial score (nSPS) is 16.7. The van der Waals surface area contributed by atoms with Crippen molar-refractivity contribution in [2.75, 3.05) is 59.8 Å². The Hall–Kier alpha value is -1.18. The number of piperazine rings is 1. The zero-order valence-electron chi connectivity index (χ0n) is 17.6. The summed E-state index contributed by atoms with van der Waals surface area (Å²) in [5.41, 5.74) is 2.65. The molecule has 7 heteroatoms. The Morgan fingerprint density at radius 3 is 2.03 bits per heavy atom. The third kappa shape index (κ3) is 8.16. The minimum Gasteiger partial charge on any atom is -0.382 e. The summed E-state index contributed by atoms with van der Waals surface area (Å²) in [4.78, 5) is 2.58. The van der Waals surface area contributed by atoms with E-state index in [0.717, 1.165) is 19.6 Å². The van der Waals surface area contributed by atoms with Gasteiger partial charge in [0.1, 0.15) is 0 Å². The molecule has 1 N–H and O–H groups in total. The van der Waals surface area contributed by atoms with Gasteiger partial charge in [-0.25, -0.2) is 0 Å². The number of hydrogen-bond donors (Lipinski definition) is 1. The summed E-state index contributed by atoms with van der Waals surface area (Å²) in [5, 5.41) is 3.52. The first-order chi connectivity index (χ1) is 13.9. The summed E-state index contributed by atoms with van der Waals surface area (Å²) in [5.74, 6) is 0. The third-order valence-corrected chi connectivity index (χ3v) is 5.07. The van der Waals surface area contributed by atoms with Crippen LogP contribution < -0.4 is 5.32 Å². The van der Waals surface area contributed by atoms with Crippen molar-refractivity contribution >= 4 is 24.8 Å². The molecule has 0 saturated carbocycles. The van der Waals surface area contributed by atoms with Gasteiger partial charge in [-0.2, -0.15) is 0 Å². The van der Waals surface area contributed by atoms with Gasteiger partial charge in [0, 0.05) is 32.8 Å². The molecule has 0 unspecified atom stereocenters. The van der Waals surface area contributed by atoms with Crippen LogP contribution in [0.1, 0.15) is 17.2 Å². The zero-order chi connectivity index (χ0) is 19.4. The highest BCUT2D eigenvalue weighted by atomic mass is 35.5. The first-order valence-corrected chi connectivity index (χ1v) is 10.1. The summed E-state index contributed by atoms with van der Waals surface area (Å²) < 4.78 is 16.4. The molecule has 3 rings (SSSR count). The molecule has 1 atom stereocenters. The van der Waals surface area contributed by atoms with Crippen molar-refractivity contribution in [2.24, 2.45) is 0 Å². The van der Waals surface area contributed by atoms with Gasteiger partial charge >= 0.3 is 0 Å². The maximum absolute atomic E-state index is 5.96. The first kappa shape index (κ1) is 26.9. The van der Waals surface area contributed by atoms with Crippen LogP contribution >= 0.6 is 24.8 Å². The van der Waals surface area contributed by atoms with Crippen molar-refractivity contribution in [3.05, 3.63) is 71.8 Å². The molecule has 1 fully saturated rings. The molecule has 2 aromatic carbocycles. The molecule has 1 aliphatic heterocycles. The molecule has 1 saturated heterocycles. The van der Waals surface area contributed by atoms with Gasteiger partial charge in [0.05, 0.1) is 39.1 Å². The maximum Gasteiger partial charge on any atom is 0.0701 e. The van der Waals surface area contributed by atoms with Crippen LogP contribution in [0.2, 0.25) is 0 Å². The molecule has 30 heavy (non-hydrogen) atoms. The van der Waals surface area contributed by atoms with Crippen LogP contribution in [0, 0.1) is 0 Å². The Morgan fingerprint density at radius 2 is 1.43 bits per heavy atom. The van der Waals surface area contributed by atoms with Crippen LogP contribution in [0.25, 0.3) is 0 Å². The van der Waals surface area contributed by atoms with Gasteiger partial charge in [0.25, 0.3) is 0 Å². The van der Waals surface area contributed by atoms with Crippen LogP contribution in [0.3, 0.4) is 0 Å². The highest BCUT2D eigenvalue weighted by Crippen LogP contribution is 2.30. The second kappa shape index (κ2) is 15.6. The number of rotatable bonds is 11. The number of ether oxygens (including phenoxy) is 3. The maximum atomic E-state index is 5.96. The van der Waals surface area contributed by atoms with Gasteiger partial charge in [-0.1, -0.05) is 60.7 Å². The number of benzene rings is 2.